The molecule has 0 bridgehead atoms. The van der Waals surface area contributed by atoms with E-state index in [0.717, 1.165) is 25.9 Å². The highest BCUT2D eigenvalue weighted by atomic mass is 16.2. The standard InChI is InChI=1S/C16H22N4O/c1-13-4-3-8-20(9-7-13)16(21)12-19(2)15-6-5-14(10-17)11-18-15/h5-6,11,13H,3-4,7-9,12H2,1-2H3. The number of aromatic nitrogens is 1. The Morgan fingerprint density at radius 1 is 1.48 bits per heavy atom. The van der Waals surface area contributed by atoms with E-state index >= 15 is 0 Å². The maximum Gasteiger partial charge on any atom is 0.242 e. The van der Waals surface area contributed by atoms with Gasteiger partial charge in [-0.3, -0.25) is 4.79 Å². The second-order valence-electron chi connectivity index (χ2n) is 5.79. The van der Waals surface area contributed by atoms with Gasteiger partial charge in [-0.05, 0) is 37.3 Å². The Morgan fingerprint density at radius 2 is 2.29 bits per heavy atom. The van der Waals surface area contributed by atoms with Crippen LogP contribution < -0.4 is 4.90 Å². The maximum absolute atomic E-state index is 12.4. The van der Waals surface area contributed by atoms with Gasteiger partial charge in [0, 0.05) is 26.3 Å². The number of hydrogen-bond acceptors (Lipinski definition) is 4. The summed E-state index contributed by atoms with van der Waals surface area (Å²) in [4.78, 5) is 20.4. The number of nitrogens with zero attached hydrogens (tertiary/aromatic N) is 4. The van der Waals surface area contributed by atoms with Crippen molar-refractivity contribution in [1.82, 2.24) is 9.88 Å². The zero-order valence-corrected chi connectivity index (χ0v) is 12.7. The molecule has 112 valence electrons. The first-order chi connectivity index (χ1) is 10.1. The third-order valence-corrected chi connectivity index (χ3v) is 4.01. The number of pyridine rings is 1. The topological polar surface area (TPSA) is 60.2 Å². The minimum Gasteiger partial charge on any atom is -0.350 e. The number of likely N-dealkylation sites (N-methyl/N-ethyl adjacent to an activating group) is 1. The van der Waals surface area contributed by atoms with Crippen LogP contribution in [0.1, 0.15) is 31.7 Å². The van der Waals surface area contributed by atoms with E-state index in [2.05, 4.69) is 11.9 Å². The molecular formula is C16H22N4O. The zero-order chi connectivity index (χ0) is 15.2. The number of anilines is 1. The van der Waals surface area contributed by atoms with Crippen molar-refractivity contribution in [3.05, 3.63) is 23.9 Å². The molecule has 0 saturated carbocycles. The van der Waals surface area contributed by atoms with Gasteiger partial charge in [-0.1, -0.05) is 6.92 Å². The lowest BCUT2D eigenvalue weighted by molar-refractivity contribution is -0.129. The van der Waals surface area contributed by atoms with Gasteiger partial charge in [-0.25, -0.2) is 4.98 Å². The number of carbonyl (C=O) groups excluding carboxylic acids is 1. The first-order valence-corrected chi connectivity index (χ1v) is 7.45. The molecule has 5 nitrogen and oxygen atoms in total. The summed E-state index contributed by atoms with van der Waals surface area (Å²) in [7, 11) is 1.85. The van der Waals surface area contributed by atoms with Crippen molar-refractivity contribution in [2.75, 3.05) is 31.6 Å². The van der Waals surface area contributed by atoms with Crippen molar-refractivity contribution < 1.29 is 4.79 Å². The van der Waals surface area contributed by atoms with Gasteiger partial charge in [0.2, 0.25) is 5.91 Å². The van der Waals surface area contributed by atoms with Gasteiger partial charge < -0.3 is 9.80 Å². The molecule has 1 aliphatic heterocycles. The van der Waals surface area contributed by atoms with Crippen LogP contribution in [0.3, 0.4) is 0 Å². The Kier molecular flexibility index (Phi) is 5.15. The summed E-state index contributed by atoms with van der Waals surface area (Å²) in [6, 6.07) is 5.53. The molecule has 2 rings (SSSR count). The molecule has 1 aromatic heterocycles. The minimum atomic E-state index is 0.151. The average Bonchev–Trinajstić information content (AvgIpc) is 2.72. The van der Waals surface area contributed by atoms with Crippen LogP contribution in [0.25, 0.3) is 0 Å². The van der Waals surface area contributed by atoms with Gasteiger partial charge in [-0.2, -0.15) is 5.26 Å². The first kappa shape index (κ1) is 15.3. The third kappa shape index (κ3) is 4.19. The second kappa shape index (κ2) is 7.07. The van der Waals surface area contributed by atoms with Crippen molar-refractivity contribution in [2.24, 2.45) is 5.92 Å². The largest absolute Gasteiger partial charge is 0.350 e. The van der Waals surface area contributed by atoms with Gasteiger partial charge in [-0.15, -0.1) is 0 Å². The average molecular weight is 286 g/mol. The predicted molar refractivity (Wildman–Crippen MR) is 81.8 cm³/mol. The van der Waals surface area contributed by atoms with Crippen LogP contribution in [0.15, 0.2) is 18.3 Å². The fraction of sp³-hybridized carbons (Fsp3) is 0.562. The van der Waals surface area contributed by atoms with Crippen LogP contribution in [0.5, 0.6) is 0 Å². The fourth-order valence-corrected chi connectivity index (χ4v) is 2.57. The van der Waals surface area contributed by atoms with Crippen molar-refractivity contribution in [3.63, 3.8) is 0 Å². The summed E-state index contributed by atoms with van der Waals surface area (Å²) in [6.45, 7) is 4.29. The molecule has 2 heterocycles. The first-order valence-electron chi connectivity index (χ1n) is 7.45. The molecule has 5 heteroatoms. The third-order valence-electron chi connectivity index (χ3n) is 4.01. The van der Waals surface area contributed by atoms with Gasteiger partial charge >= 0.3 is 0 Å². The van der Waals surface area contributed by atoms with Gasteiger partial charge in [0.05, 0.1) is 12.1 Å². The Balaban J connectivity index is 1.93. The lowest BCUT2D eigenvalue weighted by Crippen LogP contribution is -2.39. The molecule has 1 atom stereocenters. The van der Waals surface area contributed by atoms with E-state index in [-0.39, 0.29) is 5.91 Å². The molecule has 0 aliphatic carbocycles. The van der Waals surface area contributed by atoms with E-state index < -0.39 is 0 Å². The van der Waals surface area contributed by atoms with Crippen molar-refractivity contribution in [1.29, 1.82) is 5.26 Å². The van der Waals surface area contributed by atoms with Crippen LogP contribution in [0.2, 0.25) is 0 Å². The smallest absolute Gasteiger partial charge is 0.242 e. The van der Waals surface area contributed by atoms with Crippen LogP contribution in [-0.2, 0) is 4.79 Å². The van der Waals surface area contributed by atoms with E-state index in [4.69, 9.17) is 5.26 Å². The van der Waals surface area contributed by atoms with E-state index in [9.17, 15) is 4.79 Å². The quantitative estimate of drug-likeness (QED) is 0.853. The molecule has 1 amide bonds. The Bertz CT molecular complexity index is 520. The fourth-order valence-electron chi connectivity index (χ4n) is 2.57. The number of amides is 1. The molecule has 0 spiro atoms. The minimum absolute atomic E-state index is 0.151. The second-order valence-corrected chi connectivity index (χ2v) is 5.79. The molecular weight excluding hydrogens is 264 g/mol. The highest BCUT2D eigenvalue weighted by Crippen LogP contribution is 2.17. The molecule has 0 radical (unpaired) electrons. The molecule has 21 heavy (non-hydrogen) atoms. The monoisotopic (exact) mass is 286 g/mol. The molecule has 1 saturated heterocycles. The van der Waals surface area contributed by atoms with Crippen molar-refractivity contribution >= 4 is 11.7 Å². The van der Waals surface area contributed by atoms with Crippen LogP contribution in [0, 0.1) is 17.2 Å². The number of rotatable bonds is 3. The van der Waals surface area contributed by atoms with E-state index in [0.29, 0.717) is 23.8 Å². The molecule has 0 aromatic carbocycles. The summed E-state index contributed by atoms with van der Waals surface area (Å²) in [5.74, 6) is 1.57. The van der Waals surface area contributed by atoms with E-state index in [1.54, 1.807) is 12.1 Å². The SMILES string of the molecule is CC1CCCN(C(=O)CN(C)c2ccc(C#N)cn2)CC1. The summed E-state index contributed by atoms with van der Waals surface area (Å²) in [5, 5.41) is 8.77. The normalized spacial score (nSPS) is 18.7. The van der Waals surface area contributed by atoms with Gasteiger partial charge in [0.1, 0.15) is 11.9 Å². The van der Waals surface area contributed by atoms with Crippen molar-refractivity contribution in [2.45, 2.75) is 26.2 Å². The van der Waals surface area contributed by atoms with E-state index in [1.165, 1.54) is 12.6 Å². The molecule has 1 aliphatic rings. The Hall–Kier alpha value is -2.09. The molecule has 0 N–H and O–H groups in total. The lowest BCUT2D eigenvalue weighted by Gasteiger charge is -2.24. The van der Waals surface area contributed by atoms with Crippen molar-refractivity contribution in [3.8, 4) is 6.07 Å². The number of likely N-dealkylation sites (tertiary alicyclic amines) is 1. The number of carbonyl (C=O) groups is 1. The molecule has 1 aromatic rings. The Labute approximate surface area is 126 Å². The maximum atomic E-state index is 12.4. The predicted octanol–water partition coefficient (Wildman–Crippen LogP) is 2.04. The zero-order valence-electron chi connectivity index (χ0n) is 12.7. The van der Waals surface area contributed by atoms with Crippen LogP contribution in [-0.4, -0.2) is 42.5 Å². The Morgan fingerprint density at radius 3 is 2.95 bits per heavy atom. The summed E-state index contributed by atoms with van der Waals surface area (Å²) in [5.41, 5.74) is 0.528. The van der Waals surface area contributed by atoms with Gasteiger partial charge in [0.25, 0.3) is 0 Å². The summed E-state index contributed by atoms with van der Waals surface area (Å²) in [6.07, 6.45) is 4.91. The number of hydrogen-bond donors (Lipinski definition) is 0. The highest BCUT2D eigenvalue weighted by Gasteiger charge is 2.19. The van der Waals surface area contributed by atoms with E-state index in [1.807, 2.05) is 22.9 Å². The lowest BCUT2D eigenvalue weighted by atomic mass is 10.0. The van der Waals surface area contributed by atoms with Gasteiger partial charge in [0.15, 0.2) is 0 Å². The van der Waals surface area contributed by atoms with Crippen LogP contribution >= 0.6 is 0 Å². The highest BCUT2D eigenvalue weighted by molar-refractivity contribution is 5.81. The summed E-state index contributed by atoms with van der Waals surface area (Å²) >= 11 is 0. The summed E-state index contributed by atoms with van der Waals surface area (Å²) < 4.78 is 0. The molecule has 1 fully saturated rings. The number of nitriles is 1. The van der Waals surface area contributed by atoms with Crippen LogP contribution in [0.4, 0.5) is 5.82 Å². The molecule has 1 unspecified atom stereocenters.